The minimum atomic E-state index is -0.358. The molecule has 0 aliphatic rings. The molecule has 0 radical (unpaired) electrons. The maximum absolute atomic E-state index is 13.2. The van der Waals surface area contributed by atoms with E-state index in [1.54, 1.807) is 12.1 Å². The second-order valence-electron chi connectivity index (χ2n) is 5.93. The van der Waals surface area contributed by atoms with Crippen LogP contribution >= 0.6 is 15.9 Å². The van der Waals surface area contributed by atoms with E-state index in [0.717, 1.165) is 15.7 Å². The Morgan fingerprint density at radius 3 is 2.77 bits per heavy atom. The van der Waals surface area contributed by atoms with Crippen molar-refractivity contribution in [2.75, 3.05) is 11.9 Å². The van der Waals surface area contributed by atoms with E-state index in [1.807, 2.05) is 25.1 Å². The topological polar surface area (TPSA) is 74.0 Å². The van der Waals surface area contributed by atoms with Crippen molar-refractivity contribution in [3.8, 4) is 0 Å². The number of aromatic amines is 1. The average molecular weight is 418 g/mol. The summed E-state index contributed by atoms with van der Waals surface area (Å²) in [5.41, 5.74) is 2.69. The van der Waals surface area contributed by atoms with Gasteiger partial charge in [0.15, 0.2) is 0 Å². The average Bonchev–Trinajstić information content (AvgIpc) is 3.01. The van der Waals surface area contributed by atoms with Crippen molar-refractivity contribution in [1.82, 2.24) is 10.3 Å². The Morgan fingerprint density at radius 1 is 1.15 bits per heavy atom. The van der Waals surface area contributed by atoms with Gasteiger partial charge in [0, 0.05) is 34.0 Å². The minimum absolute atomic E-state index is 0.145. The van der Waals surface area contributed by atoms with E-state index in [1.165, 1.54) is 12.1 Å². The van der Waals surface area contributed by atoms with E-state index in [0.29, 0.717) is 16.6 Å². The van der Waals surface area contributed by atoms with Crippen LogP contribution in [0.2, 0.25) is 0 Å². The third-order valence-corrected chi connectivity index (χ3v) is 4.43. The summed E-state index contributed by atoms with van der Waals surface area (Å²) in [7, 11) is 0. The summed E-state index contributed by atoms with van der Waals surface area (Å²) in [5.74, 6) is -0.888. The molecular weight excluding hydrogens is 401 g/mol. The molecule has 0 aliphatic heterocycles. The van der Waals surface area contributed by atoms with Crippen molar-refractivity contribution in [2.24, 2.45) is 0 Å². The van der Waals surface area contributed by atoms with Crippen LogP contribution in [-0.4, -0.2) is 23.3 Å². The number of nitrogens with one attached hydrogen (secondary N) is 3. The van der Waals surface area contributed by atoms with E-state index < -0.39 is 0 Å². The van der Waals surface area contributed by atoms with Crippen LogP contribution in [0.1, 0.15) is 22.5 Å². The molecule has 3 aromatic rings. The number of fused-ring (bicyclic) bond motifs is 1. The van der Waals surface area contributed by atoms with E-state index in [4.69, 9.17) is 0 Å². The van der Waals surface area contributed by atoms with E-state index in [2.05, 4.69) is 31.5 Å². The molecule has 0 fully saturated rings. The predicted molar refractivity (Wildman–Crippen MR) is 103 cm³/mol. The molecule has 3 N–H and O–H groups in total. The number of halogens is 2. The molecule has 0 aliphatic carbocycles. The highest BCUT2D eigenvalue weighted by Crippen LogP contribution is 2.20. The summed E-state index contributed by atoms with van der Waals surface area (Å²) in [6, 6.07) is 11.5. The van der Waals surface area contributed by atoms with Crippen LogP contribution in [0.5, 0.6) is 0 Å². The molecule has 7 heteroatoms. The van der Waals surface area contributed by atoms with E-state index in [9.17, 15) is 14.0 Å². The Morgan fingerprint density at radius 2 is 1.96 bits per heavy atom. The van der Waals surface area contributed by atoms with Gasteiger partial charge in [-0.15, -0.1) is 0 Å². The number of rotatable bonds is 5. The summed E-state index contributed by atoms with van der Waals surface area (Å²) >= 11 is 3.37. The largest absolute Gasteiger partial charge is 0.351 e. The van der Waals surface area contributed by atoms with Crippen LogP contribution in [0.25, 0.3) is 10.9 Å². The summed E-state index contributed by atoms with van der Waals surface area (Å²) in [6.45, 7) is 2.10. The highest BCUT2D eigenvalue weighted by Gasteiger charge is 2.11. The van der Waals surface area contributed by atoms with Crippen LogP contribution in [0.4, 0.5) is 10.1 Å². The number of carbonyl (C=O) groups excluding carboxylic acids is 2. The number of carbonyl (C=O) groups is 2. The summed E-state index contributed by atoms with van der Waals surface area (Å²) in [6.07, 6.45) is 0.145. The SMILES string of the molecule is Cc1ccc(Br)cc1NC(=O)CCNC(=O)c1cc2cc(F)ccc2[nH]1. The number of hydrogen-bond donors (Lipinski definition) is 3. The Balaban J connectivity index is 1.54. The summed E-state index contributed by atoms with van der Waals surface area (Å²) < 4.78 is 14.1. The van der Waals surface area contributed by atoms with Gasteiger partial charge in [-0.25, -0.2) is 4.39 Å². The molecule has 2 amide bonds. The number of hydrogen-bond acceptors (Lipinski definition) is 2. The second-order valence-corrected chi connectivity index (χ2v) is 6.84. The van der Waals surface area contributed by atoms with Gasteiger partial charge in [-0.1, -0.05) is 22.0 Å². The third-order valence-electron chi connectivity index (χ3n) is 3.94. The molecule has 1 aromatic heterocycles. The standard InChI is InChI=1S/C19H17BrFN3O2/c1-11-2-3-13(20)10-16(11)24-18(25)6-7-22-19(26)17-9-12-8-14(21)4-5-15(12)23-17/h2-5,8-10,23H,6-7H2,1H3,(H,22,26)(H,24,25). The molecule has 0 bridgehead atoms. The Hall–Kier alpha value is -2.67. The van der Waals surface area contributed by atoms with Gasteiger partial charge in [0.1, 0.15) is 11.5 Å². The van der Waals surface area contributed by atoms with Gasteiger partial charge in [-0.05, 0) is 48.9 Å². The van der Waals surface area contributed by atoms with Gasteiger partial charge in [0.05, 0.1) is 0 Å². The van der Waals surface area contributed by atoms with Gasteiger partial charge in [0.25, 0.3) is 5.91 Å². The molecule has 3 rings (SSSR count). The van der Waals surface area contributed by atoms with E-state index in [-0.39, 0.29) is 30.6 Å². The van der Waals surface area contributed by atoms with Crippen molar-refractivity contribution in [3.63, 3.8) is 0 Å². The van der Waals surface area contributed by atoms with Crippen molar-refractivity contribution < 1.29 is 14.0 Å². The molecule has 26 heavy (non-hydrogen) atoms. The van der Waals surface area contributed by atoms with Crippen LogP contribution < -0.4 is 10.6 Å². The lowest BCUT2D eigenvalue weighted by Crippen LogP contribution is -2.28. The smallest absolute Gasteiger partial charge is 0.267 e. The second kappa shape index (κ2) is 7.70. The quantitative estimate of drug-likeness (QED) is 0.583. The Bertz CT molecular complexity index is 984. The monoisotopic (exact) mass is 417 g/mol. The molecule has 134 valence electrons. The zero-order valence-corrected chi connectivity index (χ0v) is 15.6. The number of aromatic nitrogens is 1. The van der Waals surface area contributed by atoms with Gasteiger partial charge in [-0.3, -0.25) is 9.59 Å². The number of aryl methyl sites for hydroxylation is 1. The zero-order valence-electron chi connectivity index (χ0n) is 14.0. The van der Waals surface area contributed by atoms with Crippen LogP contribution in [0, 0.1) is 12.7 Å². The van der Waals surface area contributed by atoms with Crippen LogP contribution in [-0.2, 0) is 4.79 Å². The Kier molecular flexibility index (Phi) is 5.37. The molecule has 2 aromatic carbocycles. The number of amides is 2. The van der Waals surface area contributed by atoms with Gasteiger partial charge in [-0.2, -0.15) is 0 Å². The highest BCUT2D eigenvalue weighted by atomic mass is 79.9. The Labute approximate surface area is 158 Å². The molecule has 0 saturated heterocycles. The number of H-pyrrole nitrogens is 1. The normalized spacial score (nSPS) is 10.7. The lowest BCUT2D eigenvalue weighted by atomic mass is 10.2. The van der Waals surface area contributed by atoms with Crippen molar-refractivity contribution in [1.29, 1.82) is 0 Å². The fourth-order valence-electron chi connectivity index (χ4n) is 2.55. The molecule has 0 saturated carbocycles. The van der Waals surface area contributed by atoms with Crippen molar-refractivity contribution in [3.05, 3.63) is 64.0 Å². The van der Waals surface area contributed by atoms with Gasteiger partial charge >= 0.3 is 0 Å². The molecule has 0 atom stereocenters. The minimum Gasteiger partial charge on any atom is -0.351 e. The van der Waals surface area contributed by atoms with Crippen LogP contribution in [0.3, 0.4) is 0 Å². The number of anilines is 1. The lowest BCUT2D eigenvalue weighted by Gasteiger charge is -2.09. The fraction of sp³-hybridized carbons (Fsp3) is 0.158. The third kappa shape index (κ3) is 4.29. The van der Waals surface area contributed by atoms with Gasteiger partial charge < -0.3 is 15.6 Å². The molecular formula is C19H17BrFN3O2. The molecule has 0 spiro atoms. The van der Waals surface area contributed by atoms with Crippen LogP contribution in [0.15, 0.2) is 46.9 Å². The molecule has 0 unspecified atom stereocenters. The van der Waals surface area contributed by atoms with Gasteiger partial charge in [0.2, 0.25) is 5.91 Å². The first-order chi connectivity index (χ1) is 12.4. The first-order valence-electron chi connectivity index (χ1n) is 8.05. The summed E-state index contributed by atoms with van der Waals surface area (Å²) in [5, 5.41) is 6.13. The molecule has 5 nitrogen and oxygen atoms in total. The lowest BCUT2D eigenvalue weighted by molar-refractivity contribution is -0.116. The predicted octanol–water partition coefficient (Wildman–Crippen LogP) is 4.14. The highest BCUT2D eigenvalue weighted by molar-refractivity contribution is 9.10. The van der Waals surface area contributed by atoms with Crippen molar-refractivity contribution >= 4 is 44.3 Å². The first kappa shape index (κ1) is 18.1. The zero-order chi connectivity index (χ0) is 18.7. The maximum Gasteiger partial charge on any atom is 0.267 e. The first-order valence-corrected chi connectivity index (χ1v) is 8.84. The molecule has 1 heterocycles. The fourth-order valence-corrected chi connectivity index (χ4v) is 2.91. The maximum atomic E-state index is 13.2. The van der Waals surface area contributed by atoms with Crippen molar-refractivity contribution in [2.45, 2.75) is 13.3 Å². The van der Waals surface area contributed by atoms with E-state index >= 15 is 0 Å². The number of benzene rings is 2. The summed E-state index contributed by atoms with van der Waals surface area (Å²) in [4.78, 5) is 27.1.